The van der Waals surface area contributed by atoms with E-state index in [0.717, 1.165) is 53.0 Å². The van der Waals surface area contributed by atoms with E-state index >= 15 is 0 Å². The molecule has 1 fully saturated rings. The average Bonchev–Trinajstić information content (AvgIpc) is 3.07. The fourth-order valence-electron chi connectivity index (χ4n) is 3.31. The van der Waals surface area contributed by atoms with Crippen LogP contribution in [0.5, 0.6) is 0 Å². The van der Waals surface area contributed by atoms with Gasteiger partial charge in [-0.1, -0.05) is 41.9 Å². The van der Waals surface area contributed by atoms with E-state index in [1.807, 2.05) is 54.6 Å². The molecule has 0 saturated carbocycles. The molecule has 6 heteroatoms. The second-order valence-electron chi connectivity index (χ2n) is 6.62. The summed E-state index contributed by atoms with van der Waals surface area (Å²) in [5.41, 5.74) is 5.91. The summed E-state index contributed by atoms with van der Waals surface area (Å²) in [6, 6.07) is 17.8. The van der Waals surface area contributed by atoms with Crippen LogP contribution >= 0.6 is 23.8 Å². The maximum Gasteiger partial charge on any atom is 0.173 e. The van der Waals surface area contributed by atoms with Crippen molar-refractivity contribution in [3.05, 3.63) is 71.3 Å². The zero-order chi connectivity index (χ0) is 18.0. The number of piperidine rings is 1. The van der Waals surface area contributed by atoms with Gasteiger partial charge < -0.3 is 10.2 Å². The first kappa shape index (κ1) is 17.3. The van der Waals surface area contributed by atoms with Crippen LogP contribution in [0, 0.1) is 0 Å². The molecule has 1 spiro atoms. The highest BCUT2D eigenvalue weighted by atomic mass is 35.5. The van der Waals surface area contributed by atoms with Crippen molar-refractivity contribution < 1.29 is 4.84 Å². The van der Waals surface area contributed by atoms with Gasteiger partial charge in [0, 0.05) is 36.6 Å². The summed E-state index contributed by atoms with van der Waals surface area (Å²) in [5, 5.41) is 4.80. The van der Waals surface area contributed by atoms with Crippen molar-refractivity contribution in [1.29, 1.82) is 0 Å². The van der Waals surface area contributed by atoms with Crippen molar-refractivity contribution in [1.82, 2.24) is 10.4 Å². The van der Waals surface area contributed by atoms with Crippen LogP contribution in [-0.2, 0) is 4.84 Å². The monoisotopic (exact) mass is 385 g/mol. The Morgan fingerprint density at radius 3 is 2.46 bits per heavy atom. The molecule has 0 unspecified atom stereocenters. The van der Waals surface area contributed by atoms with Gasteiger partial charge in [0.25, 0.3) is 0 Å². The molecule has 2 aromatic carbocycles. The summed E-state index contributed by atoms with van der Waals surface area (Å²) in [7, 11) is 0. The number of para-hydroxylation sites is 1. The number of rotatable bonds is 2. The number of thiocarbonyl (C=S) groups is 1. The van der Waals surface area contributed by atoms with Crippen LogP contribution in [0.25, 0.3) is 5.70 Å². The Hall–Kier alpha value is -2.08. The molecule has 26 heavy (non-hydrogen) atoms. The lowest BCUT2D eigenvalue weighted by atomic mass is 9.90. The second-order valence-corrected chi connectivity index (χ2v) is 7.44. The van der Waals surface area contributed by atoms with Gasteiger partial charge in [0.2, 0.25) is 0 Å². The lowest BCUT2D eigenvalue weighted by molar-refractivity contribution is -0.0615. The molecule has 0 atom stereocenters. The quantitative estimate of drug-likeness (QED) is 0.747. The van der Waals surface area contributed by atoms with Crippen molar-refractivity contribution in [3.63, 3.8) is 0 Å². The predicted molar refractivity (Wildman–Crippen MR) is 110 cm³/mol. The maximum absolute atomic E-state index is 5.97. The molecule has 2 N–H and O–H groups in total. The van der Waals surface area contributed by atoms with E-state index < -0.39 is 0 Å². The van der Waals surface area contributed by atoms with Crippen molar-refractivity contribution in [2.45, 2.75) is 18.4 Å². The predicted octanol–water partition coefficient (Wildman–Crippen LogP) is 4.45. The molecule has 0 amide bonds. The van der Waals surface area contributed by atoms with Gasteiger partial charge in [-0.2, -0.15) is 0 Å². The third kappa shape index (κ3) is 3.70. The molecule has 1 saturated heterocycles. The first-order chi connectivity index (χ1) is 12.6. The molecule has 2 aliphatic heterocycles. The van der Waals surface area contributed by atoms with E-state index in [1.54, 1.807) is 0 Å². The van der Waals surface area contributed by atoms with Gasteiger partial charge >= 0.3 is 0 Å². The third-order valence-corrected chi connectivity index (χ3v) is 5.46. The first-order valence-corrected chi connectivity index (χ1v) is 9.46. The molecule has 0 aromatic heterocycles. The zero-order valence-electron chi connectivity index (χ0n) is 14.2. The molecule has 4 nitrogen and oxygen atoms in total. The largest absolute Gasteiger partial charge is 0.349 e. The number of halogens is 1. The Bertz CT molecular complexity index is 815. The van der Waals surface area contributed by atoms with Crippen LogP contribution in [0.2, 0.25) is 5.02 Å². The molecule has 2 heterocycles. The maximum atomic E-state index is 5.97. The smallest absolute Gasteiger partial charge is 0.173 e. The topological polar surface area (TPSA) is 36.5 Å². The number of nitrogens with one attached hydrogen (secondary N) is 2. The number of nitrogens with zero attached hydrogens (tertiary/aromatic N) is 1. The van der Waals surface area contributed by atoms with Crippen molar-refractivity contribution in [3.8, 4) is 0 Å². The summed E-state index contributed by atoms with van der Waals surface area (Å²) in [5.74, 6) is 0. The van der Waals surface area contributed by atoms with Crippen LogP contribution in [0.1, 0.15) is 18.4 Å². The lowest BCUT2D eigenvalue weighted by Gasteiger charge is -2.37. The fraction of sp³-hybridized carbons (Fsp3) is 0.250. The summed E-state index contributed by atoms with van der Waals surface area (Å²) < 4.78 is 0. The molecule has 0 bridgehead atoms. The highest BCUT2D eigenvalue weighted by Gasteiger charge is 2.39. The zero-order valence-corrected chi connectivity index (χ0v) is 15.8. The van der Waals surface area contributed by atoms with Crippen LogP contribution in [0.3, 0.4) is 0 Å². The van der Waals surface area contributed by atoms with Crippen LogP contribution in [-0.4, -0.2) is 28.7 Å². The number of anilines is 1. The van der Waals surface area contributed by atoms with Crippen molar-refractivity contribution in [2.24, 2.45) is 0 Å². The summed E-state index contributed by atoms with van der Waals surface area (Å²) in [6.45, 7) is 1.70. The summed E-state index contributed by atoms with van der Waals surface area (Å²) in [4.78, 5) is 8.16. The van der Waals surface area contributed by atoms with Gasteiger partial charge in [-0.15, -0.1) is 0 Å². The van der Waals surface area contributed by atoms with Gasteiger partial charge in [0.1, 0.15) is 5.60 Å². The van der Waals surface area contributed by atoms with E-state index in [1.165, 1.54) is 0 Å². The van der Waals surface area contributed by atoms with Gasteiger partial charge in [0.15, 0.2) is 5.11 Å². The number of benzene rings is 2. The van der Waals surface area contributed by atoms with E-state index in [0.29, 0.717) is 0 Å². The minimum atomic E-state index is -0.270. The Morgan fingerprint density at radius 2 is 1.77 bits per heavy atom. The number of hydrogen-bond donors (Lipinski definition) is 2. The summed E-state index contributed by atoms with van der Waals surface area (Å²) >= 11 is 11.5. The Kier molecular flexibility index (Phi) is 4.85. The summed E-state index contributed by atoms with van der Waals surface area (Å²) in [6.07, 6.45) is 3.96. The molecule has 2 aliphatic rings. The average molecular weight is 386 g/mol. The fourth-order valence-corrected chi connectivity index (χ4v) is 3.74. The molecule has 0 aliphatic carbocycles. The van der Waals surface area contributed by atoms with E-state index in [2.05, 4.69) is 21.8 Å². The Morgan fingerprint density at radius 1 is 1.08 bits per heavy atom. The van der Waals surface area contributed by atoms with Gasteiger partial charge in [-0.05, 0) is 48.1 Å². The molecule has 0 radical (unpaired) electrons. The van der Waals surface area contributed by atoms with Crippen molar-refractivity contribution in [2.75, 3.05) is 18.4 Å². The van der Waals surface area contributed by atoms with E-state index in [4.69, 9.17) is 28.7 Å². The molecular weight excluding hydrogens is 366 g/mol. The van der Waals surface area contributed by atoms with Crippen molar-refractivity contribution >= 4 is 40.3 Å². The van der Waals surface area contributed by atoms with E-state index in [9.17, 15) is 0 Å². The lowest BCUT2D eigenvalue weighted by Crippen LogP contribution is -2.48. The minimum Gasteiger partial charge on any atom is -0.349 e. The van der Waals surface area contributed by atoms with Crippen LogP contribution < -0.4 is 10.8 Å². The minimum absolute atomic E-state index is 0.270. The SMILES string of the molecule is S=C(Nc1ccccc1)N1CCC2(C=C(c3ccc(Cl)cc3)NO2)CC1. The third-order valence-electron chi connectivity index (χ3n) is 4.85. The molecule has 4 rings (SSSR count). The van der Waals surface area contributed by atoms with Gasteiger partial charge in [0.05, 0.1) is 5.70 Å². The normalized spacial score (nSPS) is 18.3. The number of hydrogen-bond acceptors (Lipinski definition) is 3. The Balaban J connectivity index is 1.38. The van der Waals surface area contributed by atoms with Gasteiger partial charge in [-0.3, -0.25) is 10.3 Å². The second kappa shape index (κ2) is 7.27. The van der Waals surface area contributed by atoms with Crippen LogP contribution in [0.4, 0.5) is 5.69 Å². The molecular formula is C20H20ClN3OS. The number of likely N-dealkylation sites (tertiary alicyclic amines) is 1. The highest BCUT2D eigenvalue weighted by Crippen LogP contribution is 2.35. The number of hydroxylamine groups is 1. The first-order valence-electron chi connectivity index (χ1n) is 8.67. The standard InChI is InChI=1S/C20H20ClN3OS/c21-16-8-6-15(7-9-16)18-14-20(25-23-18)10-12-24(13-11-20)19(26)22-17-4-2-1-3-5-17/h1-9,14,23H,10-13H2,(H,22,26). The van der Waals surface area contributed by atoms with Crippen LogP contribution in [0.15, 0.2) is 60.7 Å². The Labute approximate surface area is 163 Å². The molecule has 134 valence electrons. The van der Waals surface area contributed by atoms with Gasteiger partial charge in [-0.25, -0.2) is 0 Å². The highest BCUT2D eigenvalue weighted by molar-refractivity contribution is 7.80. The van der Waals surface area contributed by atoms with E-state index in [-0.39, 0.29) is 5.60 Å². The molecule has 2 aromatic rings.